The van der Waals surface area contributed by atoms with Gasteiger partial charge in [-0.05, 0) is 25.8 Å². The van der Waals surface area contributed by atoms with Gasteiger partial charge < -0.3 is 9.32 Å². The van der Waals surface area contributed by atoms with Crippen molar-refractivity contribution >= 4 is 28.7 Å². The Bertz CT molecular complexity index is 834. The number of benzene rings is 1. The van der Waals surface area contributed by atoms with Gasteiger partial charge in [-0.3, -0.25) is 19.7 Å². The first kappa shape index (κ1) is 14.0. The molecule has 4 rings (SSSR count). The quantitative estimate of drug-likeness (QED) is 0.876. The number of amides is 3. The van der Waals surface area contributed by atoms with Gasteiger partial charge in [-0.1, -0.05) is 18.2 Å². The van der Waals surface area contributed by atoms with Crippen molar-refractivity contribution in [3.05, 3.63) is 35.6 Å². The number of furan rings is 1. The van der Waals surface area contributed by atoms with Crippen LogP contribution in [0.25, 0.3) is 11.0 Å². The molecular formula is C17H16N2O4. The van der Waals surface area contributed by atoms with Crippen molar-refractivity contribution < 1.29 is 18.8 Å². The van der Waals surface area contributed by atoms with Crippen molar-refractivity contribution in [3.63, 3.8) is 0 Å². The van der Waals surface area contributed by atoms with Crippen molar-refractivity contribution in [1.82, 2.24) is 10.2 Å². The Morgan fingerprint density at radius 3 is 2.65 bits per heavy atom. The number of imide groups is 1. The fourth-order valence-electron chi connectivity index (χ4n) is 3.24. The van der Waals surface area contributed by atoms with Crippen LogP contribution < -0.4 is 5.32 Å². The summed E-state index contributed by atoms with van der Waals surface area (Å²) in [5.74, 6) is -0.413. The molecule has 1 atom stereocenters. The van der Waals surface area contributed by atoms with Crippen LogP contribution in [0.3, 0.4) is 0 Å². The Morgan fingerprint density at radius 1 is 1.26 bits per heavy atom. The van der Waals surface area contributed by atoms with E-state index >= 15 is 0 Å². The highest BCUT2D eigenvalue weighted by molar-refractivity contribution is 6.11. The van der Waals surface area contributed by atoms with E-state index < -0.39 is 6.04 Å². The number of hydrogen-bond donors (Lipinski definition) is 1. The third-order valence-corrected chi connectivity index (χ3v) is 4.44. The number of nitrogens with zero attached hydrogens (tertiary/aromatic N) is 1. The van der Waals surface area contributed by atoms with E-state index in [1.165, 1.54) is 0 Å². The van der Waals surface area contributed by atoms with Gasteiger partial charge in [0, 0.05) is 11.4 Å². The Kier molecular flexibility index (Phi) is 3.01. The van der Waals surface area contributed by atoms with Crippen molar-refractivity contribution in [2.24, 2.45) is 0 Å². The zero-order chi connectivity index (χ0) is 16.1. The standard InChI is InChI=1S/C17H16N2O4/c1-9-15(11-4-2-3-5-13(11)23-9)17(22)19(10-6-7-10)12-8-14(20)18-16(12)21/h2-5,10,12H,6-8H2,1H3,(H,18,20,21)/t12-/m0/s1. The lowest BCUT2D eigenvalue weighted by atomic mass is 10.1. The van der Waals surface area contributed by atoms with Crippen LogP contribution in [-0.4, -0.2) is 34.7 Å². The lowest BCUT2D eigenvalue weighted by Crippen LogP contribution is -2.46. The second-order valence-electron chi connectivity index (χ2n) is 6.11. The minimum atomic E-state index is -0.712. The molecule has 2 aliphatic rings. The van der Waals surface area contributed by atoms with Crippen LogP contribution >= 0.6 is 0 Å². The van der Waals surface area contributed by atoms with Crippen LogP contribution in [0.2, 0.25) is 0 Å². The highest BCUT2D eigenvalue weighted by Gasteiger charge is 2.45. The summed E-state index contributed by atoms with van der Waals surface area (Å²) in [6.07, 6.45) is 1.76. The van der Waals surface area contributed by atoms with Gasteiger partial charge in [0.15, 0.2) is 0 Å². The molecule has 0 radical (unpaired) electrons. The van der Waals surface area contributed by atoms with E-state index in [0.717, 1.165) is 18.2 Å². The van der Waals surface area contributed by atoms with Crippen LogP contribution in [0.15, 0.2) is 28.7 Å². The maximum atomic E-state index is 13.1. The van der Waals surface area contributed by atoms with Gasteiger partial charge in [0.1, 0.15) is 17.4 Å². The van der Waals surface area contributed by atoms with Crippen molar-refractivity contribution in [1.29, 1.82) is 0 Å². The highest BCUT2D eigenvalue weighted by Crippen LogP contribution is 2.35. The van der Waals surface area contributed by atoms with Crippen molar-refractivity contribution in [2.45, 2.75) is 38.3 Å². The molecule has 2 heterocycles. The summed E-state index contributed by atoms with van der Waals surface area (Å²) < 4.78 is 5.67. The molecule has 3 amide bonds. The van der Waals surface area contributed by atoms with E-state index in [1.54, 1.807) is 11.8 Å². The smallest absolute Gasteiger partial charge is 0.258 e. The van der Waals surface area contributed by atoms with Crippen LogP contribution in [0.4, 0.5) is 0 Å². The molecule has 0 unspecified atom stereocenters. The summed E-state index contributed by atoms with van der Waals surface area (Å²) in [4.78, 5) is 38.3. The van der Waals surface area contributed by atoms with E-state index in [4.69, 9.17) is 4.42 Å². The van der Waals surface area contributed by atoms with E-state index in [2.05, 4.69) is 5.32 Å². The molecular weight excluding hydrogens is 296 g/mol. The minimum Gasteiger partial charge on any atom is -0.461 e. The van der Waals surface area contributed by atoms with Gasteiger partial charge in [-0.25, -0.2) is 0 Å². The summed E-state index contributed by atoms with van der Waals surface area (Å²) in [7, 11) is 0. The number of aryl methyl sites for hydroxylation is 1. The molecule has 23 heavy (non-hydrogen) atoms. The number of hydrogen-bond acceptors (Lipinski definition) is 4. The lowest BCUT2D eigenvalue weighted by Gasteiger charge is -2.26. The number of fused-ring (bicyclic) bond motifs is 1. The Morgan fingerprint density at radius 2 is 2.00 bits per heavy atom. The molecule has 118 valence electrons. The normalized spacial score (nSPS) is 20.8. The molecule has 1 saturated heterocycles. The van der Waals surface area contributed by atoms with Crippen LogP contribution in [0.1, 0.15) is 35.4 Å². The summed E-state index contributed by atoms with van der Waals surface area (Å²) in [5.41, 5.74) is 1.13. The fourth-order valence-corrected chi connectivity index (χ4v) is 3.24. The Balaban J connectivity index is 1.77. The molecule has 1 saturated carbocycles. The zero-order valence-electron chi connectivity index (χ0n) is 12.7. The van der Waals surface area contributed by atoms with Gasteiger partial charge in [0.25, 0.3) is 5.91 Å². The summed E-state index contributed by atoms with van der Waals surface area (Å²) in [5, 5.41) is 3.03. The molecule has 2 aromatic rings. The van der Waals surface area contributed by atoms with Crippen molar-refractivity contribution in [2.75, 3.05) is 0 Å². The predicted molar refractivity (Wildman–Crippen MR) is 81.7 cm³/mol. The minimum absolute atomic E-state index is 0.0252. The van der Waals surface area contributed by atoms with Gasteiger partial charge >= 0.3 is 0 Å². The summed E-state index contributed by atoms with van der Waals surface area (Å²) in [6, 6.07) is 6.66. The SMILES string of the molecule is Cc1oc2ccccc2c1C(=O)N(C1CC1)[C@H]1CC(=O)NC1=O. The number of carbonyl (C=O) groups is 3. The predicted octanol–water partition coefficient (Wildman–Crippen LogP) is 1.76. The van der Waals surface area contributed by atoms with E-state index in [0.29, 0.717) is 16.9 Å². The van der Waals surface area contributed by atoms with Gasteiger partial charge in [0.2, 0.25) is 11.8 Å². The summed E-state index contributed by atoms with van der Waals surface area (Å²) >= 11 is 0. The molecule has 1 aromatic heterocycles. The molecule has 0 bridgehead atoms. The topological polar surface area (TPSA) is 79.6 Å². The number of rotatable bonds is 3. The van der Waals surface area contributed by atoms with Crippen LogP contribution in [-0.2, 0) is 9.59 Å². The molecule has 6 nitrogen and oxygen atoms in total. The second kappa shape index (κ2) is 4.94. The summed E-state index contributed by atoms with van der Waals surface area (Å²) in [6.45, 7) is 1.75. The molecule has 1 aromatic carbocycles. The van der Waals surface area contributed by atoms with Gasteiger partial charge in [-0.2, -0.15) is 0 Å². The first-order valence-corrected chi connectivity index (χ1v) is 7.70. The average Bonchev–Trinajstić information content (AvgIpc) is 3.19. The third-order valence-electron chi connectivity index (χ3n) is 4.44. The monoisotopic (exact) mass is 312 g/mol. The first-order chi connectivity index (χ1) is 11.1. The fraction of sp³-hybridized carbons (Fsp3) is 0.353. The second-order valence-corrected chi connectivity index (χ2v) is 6.11. The van der Waals surface area contributed by atoms with Gasteiger partial charge in [0.05, 0.1) is 12.0 Å². The van der Waals surface area contributed by atoms with Crippen molar-refractivity contribution in [3.8, 4) is 0 Å². The highest BCUT2D eigenvalue weighted by atomic mass is 16.3. The largest absolute Gasteiger partial charge is 0.461 e. The maximum absolute atomic E-state index is 13.1. The molecule has 1 N–H and O–H groups in total. The maximum Gasteiger partial charge on any atom is 0.258 e. The molecule has 1 aliphatic carbocycles. The Labute approximate surface area is 132 Å². The first-order valence-electron chi connectivity index (χ1n) is 7.70. The van der Waals surface area contributed by atoms with Crippen LogP contribution in [0.5, 0.6) is 0 Å². The van der Waals surface area contributed by atoms with Gasteiger partial charge in [-0.15, -0.1) is 0 Å². The number of para-hydroxylation sites is 1. The molecule has 2 fully saturated rings. The van der Waals surface area contributed by atoms with E-state index in [9.17, 15) is 14.4 Å². The molecule has 1 aliphatic heterocycles. The van der Waals surface area contributed by atoms with Crippen LogP contribution in [0, 0.1) is 6.92 Å². The molecule has 6 heteroatoms. The molecule has 0 spiro atoms. The number of nitrogens with one attached hydrogen (secondary N) is 1. The van der Waals surface area contributed by atoms with E-state index in [1.807, 2.05) is 24.3 Å². The Hall–Kier alpha value is -2.63. The number of carbonyl (C=O) groups excluding carboxylic acids is 3. The average molecular weight is 312 g/mol. The van der Waals surface area contributed by atoms with E-state index in [-0.39, 0.29) is 30.2 Å². The third kappa shape index (κ3) is 2.21. The zero-order valence-corrected chi connectivity index (χ0v) is 12.7. The lowest BCUT2D eigenvalue weighted by molar-refractivity contribution is -0.126.